The largest absolute Gasteiger partial charge is 0.493 e. The highest BCUT2D eigenvalue weighted by Crippen LogP contribution is 2.31. The Hall–Kier alpha value is -3.80. The molecule has 0 spiro atoms. The Bertz CT molecular complexity index is 1140. The number of pyridine rings is 1. The summed E-state index contributed by atoms with van der Waals surface area (Å²) in [6, 6.07) is 19.4. The highest BCUT2D eigenvalue weighted by molar-refractivity contribution is 5.91. The Kier molecular flexibility index (Phi) is 5.94. The van der Waals surface area contributed by atoms with Gasteiger partial charge in [0.25, 0.3) is 0 Å². The number of fused-ring (bicyclic) bond motifs is 1. The van der Waals surface area contributed by atoms with Crippen molar-refractivity contribution in [3.8, 4) is 11.5 Å². The molecule has 1 N–H and O–H groups in total. The van der Waals surface area contributed by atoms with E-state index in [-0.39, 0.29) is 5.91 Å². The summed E-state index contributed by atoms with van der Waals surface area (Å²) in [5.74, 6) is 1.13. The highest BCUT2D eigenvalue weighted by Gasteiger charge is 2.10. The molecule has 0 saturated carbocycles. The first-order valence-corrected chi connectivity index (χ1v) is 9.76. The summed E-state index contributed by atoms with van der Waals surface area (Å²) in [7, 11) is 1.59. The molecule has 0 aliphatic heterocycles. The standard InChI is InChI=1S/C24H23N3O3/c1-29-22-7-6-20(16-23(22)30-17-18-8-12-25-13-9-18)26-24(28)11-15-27-14-10-19-4-2-3-5-21(19)27/h2-10,12-14,16H,11,15,17H2,1H3,(H,26,28). The first kappa shape index (κ1) is 19.5. The molecule has 4 aromatic rings. The van der Waals surface area contributed by atoms with E-state index in [1.54, 1.807) is 37.7 Å². The number of rotatable bonds is 8. The lowest BCUT2D eigenvalue weighted by molar-refractivity contribution is -0.116. The number of methoxy groups -OCH3 is 1. The zero-order valence-corrected chi connectivity index (χ0v) is 16.7. The molecule has 2 aromatic heterocycles. The van der Waals surface area contributed by atoms with Gasteiger partial charge in [-0.1, -0.05) is 18.2 Å². The number of nitrogens with zero attached hydrogens (tertiary/aromatic N) is 2. The van der Waals surface area contributed by atoms with E-state index in [9.17, 15) is 4.79 Å². The number of nitrogens with one attached hydrogen (secondary N) is 1. The number of hydrogen-bond acceptors (Lipinski definition) is 4. The second-order valence-electron chi connectivity index (χ2n) is 6.88. The lowest BCUT2D eigenvalue weighted by Gasteiger charge is -2.13. The van der Waals surface area contributed by atoms with E-state index >= 15 is 0 Å². The van der Waals surface area contributed by atoms with Gasteiger partial charge in [-0.25, -0.2) is 0 Å². The highest BCUT2D eigenvalue weighted by atomic mass is 16.5. The molecule has 0 atom stereocenters. The molecule has 4 rings (SSSR count). The molecule has 6 nitrogen and oxygen atoms in total. The monoisotopic (exact) mass is 401 g/mol. The molecule has 1 amide bonds. The molecule has 0 bridgehead atoms. The van der Waals surface area contributed by atoms with Gasteiger partial charge in [-0.3, -0.25) is 9.78 Å². The van der Waals surface area contributed by atoms with Gasteiger partial charge in [0.2, 0.25) is 5.91 Å². The summed E-state index contributed by atoms with van der Waals surface area (Å²) < 4.78 is 13.4. The van der Waals surface area contributed by atoms with E-state index in [0.717, 1.165) is 11.1 Å². The molecule has 0 radical (unpaired) electrons. The average molecular weight is 401 g/mol. The van der Waals surface area contributed by atoms with Crippen LogP contribution in [-0.2, 0) is 17.9 Å². The molecule has 0 saturated heterocycles. The summed E-state index contributed by atoms with van der Waals surface area (Å²) in [6.45, 7) is 0.998. The molecule has 30 heavy (non-hydrogen) atoms. The Morgan fingerprint density at radius 1 is 1.03 bits per heavy atom. The summed E-state index contributed by atoms with van der Waals surface area (Å²) in [5, 5.41) is 4.11. The number of aryl methyl sites for hydroxylation is 1. The van der Waals surface area contributed by atoms with E-state index in [1.807, 2.05) is 30.5 Å². The molecular weight excluding hydrogens is 378 g/mol. The van der Waals surface area contributed by atoms with Crippen LogP contribution in [0.15, 0.2) is 79.3 Å². The number of para-hydroxylation sites is 1. The van der Waals surface area contributed by atoms with Crippen LogP contribution in [-0.4, -0.2) is 22.6 Å². The number of ether oxygens (including phenoxy) is 2. The normalized spacial score (nSPS) is 10.7. The second kappa shape index (κ2) is 9.13. The molecule has 0 aliphatic rings. The molecule has 0 fully saturated rings. The van der Waals surface area contributed by atoms with E-state index < -0.39 is 0 Å². The number of anilines is 1. The maximum Gasteiger partial charge on any atom is 0.226 e. The first-order valence-electron chi connectivity index (χ1n) is 9.76. The first-order chi connectivity index (χ1) is 14.7. The van der Waals surface area contributed by atoms with Gasteiger partial charge < -0.3 is 19.4 Å². The van der Waals surface area contributed by atoms with Gasteiger partial charge in [0.05, 0.1) is 7.11 Å². The molecular formula is C24H23N3O3. The smallest absolute Gasteiger partial charge is 0.226 e. The van der Waals surface area contributed by atoms with E-state index in [4.69, 9.17) is 9.47 Å². The van der Waals surface area contributed by atoms with Crippen molar-refractivity contribution in [2.75, 3.05) is 12.4 Å². The number of aromatic nitrogens is 2. The molecule has 2 heterocycles. The van der Waals surface area contributed by atoms with E-state index in [0.29, 0.717) is 36.8 Å². The van der Waals surface area contributed by atoms with Crippen molar-refractivity contribution in [2.45, 2.75) is 19.6 Å². The Balaban J connectivity index is 1.39. The third kappa shape index (κ3) is 4.60. The second-order valence-corrected chi connectivity index (χ2v) is 6.88. The maximum atomic E-state index is 12.5. The van der Waals surface area contributed by atoms with Crippen molar-refractivity contribution in [1.82, 2.24) is 9.55 Å². The van der Waals surface area contributed by atoms with Gasteiger partial charge in [0.15, 0.2) is 11.5 Å². The molecule has 152 valence electrons. The van der Waals surface area contributed by atoms with Gasteiger partial charge >= 0.3 is 0 Å². The van der Waals surface area contributed by atoms with Crippen molar-refractivity contribution >= 4 is 22.5 Å². The minimum absolute atomic E-state index is 0.0574. The van der Waals surface area contributed by atoms with Gasteiger partial charge in [-0.05, 0) is 47.3 Å². The Labute approximate surface area is 175 Å². The van der Waals surface area contributed by atoms with Crippen molar-refractivity contribution in [1.29, 1.82) is 0 Å². The number of hydrogen-bond donors (Lipinski definition) is 1. The maximum absolute atomic E-state index is 12.5. The van der Waals surface area contributed by atoms with Gasteiger partial charge in [0.1, 0.15) is 6.61 Å². The third-order valence-electron chi connectivity index (χ3n) is 4.85. The minimum Gasteiger partial charge on any atom is -0.493 e. The third-order valence-corrected chi connectivity index (χ3v) is 4.85. The van der Waals surface area contributed by atoms with Crippen LogP contribution in [0.5, 0.6) is 11.5 Å². The van der Waals surface area contributed by atoms with Crippen LogP contribution >= 0.6 is 0 Å². The lowest BCUT2D eigenvalue weighted by Crippen LogP contribution is -2.14. The van der Waals surface area contributed by atoms with Crippen molar-refractivity contribution < 1.29 is 14.3 Å². The predicted molar refractivity (Wildman–Crippen MR) is 117 cm³/mol. The minimum atomic E-state index is -0.0574. The van der Waals surface area contributed by atoms with Gasteiger partial charge in [-0.15, -0.1) is 0 Å². The molecule has 0 unspecified atom stereocenters. The van der Waals surface area contributed by atoms with Crippen molar-refractivity contribution in [3.05, 3.63) is 84.8 Å². The van der Waals surface area contributed by atoms with Gasteiger partial charge in [0, 0.05) is 48.8 Å². The number of amides is 1. The zero-order valence-electron chi connectivity index (χ0n) is 16.7. The summed E-state index contributed by atoms with van der Waals surface area (Å²) >= 11 is 0. The molecule has 6 heteroatoms. The average Bonchev–Trinajstić information content (AvgIpc) is 3.20. The fraction of sp³-hybridized carbons (Fsp3) is 0.167. The predicted octanol–water partition coefficient (Wildman–Crippen LogP) is 4.65. The molecule has 0 aliphatic carbocycles. The lowest BCUT2D eigenvalue weighted by atomic mass is 10.2. The number of carbonyl (C=O) groups is 1. The van der Waals surface area contributed by atoms with E-state index in [2.05, 4.69) is 33.1 Å². The van der Waals surface area contributed by atoms with Crippen LogP contribution in [0.25, 0.3) is 10.9 Å². The fourth-order valence-electron chi connectivity index (χ4n) is 3.29. The van der Waals surface area contributed by atoms with Crippen LogP contribution in [0.2, 0.25) is 0 Å². The van der Waals surface area contributed by atoms with Crippen molar-refractivity contribution in [3.63, 3.8) is 0 Å². The SMILES string of the molecule is COc1ccc(NC(=O)CCn2ccc3ccccc32)cc1OCc1ccncc1. The van der Waals surface area contributed by atoms with Crippen LogP contribution < -0.4 is 14.8 Å². The van der Waals surface area contributed by atoms with Crippen molar-refractivity contribution in [2.24, 2.45) is 0 Å². The summed E-state index contributed by atoms with van der Waals surface area (Å²) in [4.78, 5) is 16.5. The number of benzene rings is 2. The molecule has 2 aromatic carbocycles. The van der Waals surface area contributed by atoms with Crippen LogP contribution in [0.1, 0.15) is 12.0 Å². The number of carbonyl (C=O) groups excluding carboxylic acids is 1. The van der Waals surface area contributed by atoms with Gasteiger partial charge in [-0.2, -0.15) is 0 Å². The fourth-order valence-corrected chi connectivity index (χ4v) is 3.29. The zero-order chi connectivity index (χ0) is 20.8. The summed E-state index contributed by atoms with van der Waals surface area (Å²) in [6.07, 6.45) is 5.83. The van der Waals surface area contributed by atoms with Crippen LogP contribution in [0.3, 0.4) is 0 Å². The van der Waals surface area contributed by atoms with Crippen LogP contribution in [0.4, 0.5) is 5.69 Å². The summed E-state index contributed by atoms with van der Waals surface area (Å²) in [5.41, 5.74) is 2.80. The van der Waals surface area contributed by atoms with Crippen LogP contribution in [0, 0.1) is 0 Å². The van der Waals surface area contributed by atoms with E-state index in [1.165, 1.54) is 5.39 Å². The Morgan fingerprint density at radius 2 is 1.87 bits per heavy atom. The Morgan fingerprint density at radius 3 is 2.70 bits per heavy atom. The quantitative estimate of drug-likeness (QED) is 0.467. The topological polar surface area (TPSA) is 65.4 Å².